The van der Waals surface area contributed by atoms with E-state index < -0.39 is 0 Å². The van der Waals surface area contributed by atoms with Gasteiger partial charge in [0, 0.05) is 49.1 Å². The molecule has 33 heavy (non-hydrogen) atoms. The van der Waals surface area contributed by atoms with Crippen molar-refractivity contribution in [3.8, 4) is 5.75 Å². The molecule has 0 saturated carbocycles. The Morgan fingerprint density at radius 1 is 1.18 bits per heavy atom. The zero-order valence-corrected chi connectivity index (χ0v) is 20.3. The Balaban J connectivity index is 1.48. The van der Waals surface area contributed by atoms with Crippen LogP contribution in [0.5, 0.6) is 5.75 Å². The van der Waals surface area contributed by atoms with Gasteiger partial charge in [-0.15, -0.1) is 0 Å². The summed E-state index contributed by atoms with van der Waals surface area (Å²) in [5.74, 6) is -0.337. The number of amides is 3. The van der Waals surface area contributed by atoms with Gasteiger partial charge >= 0.3 is 0 Å². The largest absolute Gasteiger partial charge is 0.484 e. The summed E-state index contributed by atoms with van der Waals surface area (Å²) in [7, 11) is 1.62. The second-order valence-electron chi connectivity index (χ2n) is 7.84. The average Bonchev–Trinajstić information content (AvgIpc) is 3.20. The van der Waals surface area contributed by atoms with E-state index in [2.05, 4.69) is 26.6 Å². The molecule has 1 atom stereocenters. The number of carbonyl (C=O) groups excluding carboxylic acids is 3. The van der Waals surface area contributed by atoms with Crippen LogP contribution in [0.4, 0.5) is 11.4 Å². The quantitative estimate of drug-likeness (QED) is 0.471. The molecule has 2 aromatic rings. The Morgan fingerprint density at radius 3 is 2.64 bits per heavy atom. The van der Waals surface area contributed by atoms with Crippen LogP contribution in [-0.2, 0) is 19.1 Å². The molecule has 0 spiro atoms. The molecule has 3 amide bonds. The van der Waals surface area contributed by atoms with E-state index in [4.69, 9.17) is 9.47 Å². The van der Waals surface area contributed by atoms with Gasteiger partial charge in [-0.05, 0) is 61.4 Å². The predicted molar refractivity (Wildman–Crippen MR) is 129 cm³/mol. The third-order valence-corrected chi connectivity index (χ3v) is 6.17. The molecule has 0 bridgehead atoms. The second kappa shape index (κ2) is 11.8. The fourth-order valence-electron chi connectivity index (χ4n) is 3.50. The standard InChI is InChI=1S/C24H28BrN3O5/c1-16-12-18(4-9-21(16)25)27-22(29)15-33-20-7-5-19(6-8-20)28-14-17(13-23(28)30)24(31)26-10-3-11-32-2/h4-9,12,17H,3,10-11,13-15H2,1-2H3,(H,26,31)(H,27,29)/t17-/m1/s1. The number of anilines is 2. The van der Waals surface area contributed by atoms with Crippen LogP contribution < -0.4 is 20.3 Å². The lowest BCUT2D eigenvalue weighted by Gasteiger charge is -2.17. The number of rotatable bonds is 10. The number of benzene rings is 2. The van der Waals surface area contributed by atoms with Gasteiger partial charge in [0.05, 0.1) is 5.92 Å². The Labute approximate surface area is 201 Å². The highest BCUT2D eigenvalue weighted by Gasteiger charge is 2.34. The van der Waals surface area contributed by atoms with E-state index in [-0.39, 0.29) is 36.7 Å². The summed E-state index contributed by atoms with van der Waals surface area (Å²) in [4.78, 5) is 38.5. The van der Waals surface area contributed by atoms with Crippen molar-refractivity contribution >= 4 is 45.0 Å². The lowest BCUT2D eigenvalue weighted by Crippen LogP contribution is -2.33. The van der Waals surface area contributed by atoms with Gasteiger partial charge in [0.25, 0.3) is 5.91 Å². The second-order valence-corrected chi connectivity index (χ2v) is 8.69. The molecule has 1 saturated heterocycles. The van der Waals surface area contributed by atoms with Crippen molar-refractivity contribution in [2.75, 3.05) is 43.6 Å². The first kappa shape index (κ1) is 24.7. The van der Waals surface area contributed by atoms with Gasteiger partial charge in [-0.3, -0.25) is 14.4 Å². The molecule has 8 nitrogen and oxygen atoms in total. The molecular formula is C24H28BrN3O5. The number of nitrogens with zero attached hydrogens (tertiary/aromatic N) is 1. The molecule has 1 fully saturated rings. The monoisotopic (exact) mass is 517 g/mol. The Kier molecular flexibility index (Phi) is 8.85. The topological polar surface area (TPSA) is 97.0 Å². The number of nitrogens with one attached hydrogen (secondary N) is 2. The van der Waals surface area contributed by atoms with Crippen molar-refractivity contribution in [3.05, 3.63) is 52.5 Å². The van der Waals surface area contributed by atoms with E-state index in [0.29, 0.717) is 36.8 Å². The first-order chi connectivity index (χ1) is 15.9. The maximum Gasteiger partial charge on any atom is 0.262 e. The molecule has 0 unspecified atom stereocenters. The van der Waals surface area contributed by atoms with Crippen LogP contribution in [0.2, 0.25) is 0 Å². The summed E-state index contributed by atoms with van der Waals surface area (Å²) >= 11 is 3.43. The van der Waals surface area contributed by atoms with E-state index in [0.717, 1.165) is 16.5 Å². The number of halogens is 1. The number of ether oxygens (including phenoxy) is 2. The van der Waals surface area contributed by atoms with Crippen molar-refractivity contribution in [2.45, 2.75) is 19.8 Å². The molecule has 176 valence electrons. The van der Waals surface area contributed by atoms with Gasteiger partial charge in [-0.1, -0.05) is 15.9 Å². The average molecular weight is 518 g/mol. The lowest BCUT2D eigenvalue weighted by molar-refractivity contribution is -0.126. The summed E-state index contributed by atoms with van der Waals surface area (Å²) in [6.07, 6.45) is 0.916. The summed E-state index contributed by atoms with van der Waals surface area (Å²) in [5.41, 5.74) is 2.41. The van der Waals surface area contributed by atoms with E-state index in [1.807, 2.05) is 25.1 Å². The van der Waals surface area contributed by atoms with Crippen LogP contribution in [0.3, 0.4) is 0 Å². The highest BCUT2D eigenvalue weighted by molar-refractivity contribution is 9.10. The van der Waals surface area contributed by atoms with Crippen LogP contribution in [-0.4, -0.2) is 51.1 Å². The minimum Gasteiger partial charge on any atom is -0.484 e. The molecule has 0 aromatic heterocycles. The van der Waals surface area contributed by atoms with Crippen LogP contribution >= 0.6 is 15.9 Å². The van der Waals surface area contributed by atoms with Gasteiger partial charge in [-0.25, -0.2) is 0 Å². The first-order valence-corrected chi connectivity index (χ1v) is 11.5. The highest BCUT2D eigenvalue weighted by Crippen LogP contribution is 2.27. The van der Waals surface area contributed by atoms with Crippen molar-refractivity contribution in [1.82, 2.24) is 5.32 Å². The third-order valence-electron chi connectivity index (χ3n) is 5.28. The Bertz CT molecular complexity index is 996. The number of hydrogen-bond donors (Lipinski definition) is 2. The maximum atomic E-state index is 12.4. The van der Waals surface area contributed by atoms with Crippen LogP contribution in [0.1, 0.15) is 18.4 Å². The van der Waals surface area contributed by atoms with Crippen LogP contribution in [0, 0.1) is 12.8 Å². The minimum absolute atomic E-state index is 0.0927. The summed E-state index contributed by atoms with van der Waals surface area (Å²) < 4.78 is 11.5. The molecule has 2 N–H and O–H groups in total. The molecule has 1 heterocycles. The van der Waals surface area contributed by atoms with Crippen molar-refractivity contribution in [2.24, 2.45) is 5.92 Å². The molecule has 3 rings (SSSR count). The normalized spacial score (nSPS) is 15.4. The molecular weight excluding hydrogens is 490 g/mol. The summed E-state index contributed by atoms with van der Waals surface area (Å²) in [6, 6.07) is 12.5. The van der Waals surface area contributed by atoms with Crippen molar-refractivity contribution in [1.29, 1.82) is 0 Å². The zero-order valence-electron chi connectivity index (χ0n) is 18.7. The Morgan fingerprint density at radius 2 is 1.94 bits per heavy atom. The number of hydrogen-bond acceptors (Lipinski definition) is 5. The number of methoxy groups -OCH3 is 1. The van der Waals surface area contributed by atoms with Crippen LogP contribution in [0.25, 0.3) is 0 Å². The summed E-state index contributed by atoms with van der Waals surface area (Å²) in [6.45, 7) is 3.25. The van der Waals surface area contributed by atoms with E-state index in [1.165, 1.54) is 0 Å². The molecule has 2 aromatic carbocycles. The molecule has 1 aliphatic rings. The number of carbonyl (C=O) groups is 3. The van der Waals surface area contributed by atoms with E-state index >= 15 is 0 Å². The highest BCUT2D eigenvalue weighted by atomic mass is 79.9. The van der Waals surface area contributed by atoms with Gasteiger partial charge in [-0.2, -0.15) is 0 Å². The molecule has 9 heteroatoms. The SMILES string of the molecule is COCCCNC(=O)[C@@H]1CC(=O)N(c2ccc(OCC(=O)Nc3ccc(Br)c(C)c3)cc2)C1. The fraction of sp³-hybridized carbons (Fsp3) is 0.375. The summed E-state index contributed by atoms with van der Waals surface area (Å²) in [5, 5.41) is 5.65. The predicted octanol–water partition coefficient (Wildman–Crippen LogP) is 3.28. The first-order valence-electron chi connectivity index (χ1n) is 10.7. The maximum absolute atomic E-state index is 12.4. The smallest absolute Gasteiger partial charge is 0.262 e. The van der Waals surface area contributed by atoms with Gasteiger partial charge < -0.3 is 25.0 Å². The van der Waals surface area contributed by atoms with Gasteiger partial charge in [0.2, 0.25) is 11.8 Å². The van der Waals surface area contributed by atoms with E-state index in [9.17, 15) is 14.4 Å². The molecule has 0 aliphatic carbocycles. The van der Waals surface area contributed by atoms with Crippen LogP contribution in [0.15, 0.2) is 46.9 Å². The molecule has 0 radical (unpaired) electrons. The Hall–Kier alpha value is -2.91. The zero-order chi connectivity index (χ0) is 23.8. The van der Waals surface area contributed by atoms with E-state index in [1.54, 1.807) is 36.3 Å². The minimum atomic E-state index is -0.373. The third kappa shape index (κ3) is 7.03. The van der Waals surface area contributed by atoms with Crippen molar-refractivity contribution < 1.29 is 23.9 Å². The van der Waals surface area contributed by atoms with Gasteiger partial charge in [0.1, 0.15) is 5.75 Å². The van der Waals surface area contributed by atoms with Crippen molar-refractivity contribution in [3.63, 3.8) is 0 Å². The molecule has 1 aliphatic heterocycles. The lowest BCUT2D eigenvalue weighted by atomic mass is 10.1. The van der Waals surface area contributed by atoms with Gasteiger partial charge in [0.15, 0.2) is 6.61 Å². The number of aryl methyl sites for hydroxylation is 1. The fourth-order valence-corrected chi connectivity index (χ4v) is 3.74.